The van der Waals surface area contributed by atoms with Crippen molar-refractivity contribution in [3.05, 3.63) is 58.4 Å². The lowest BCUT2D eigenvalue weighted by Gasteiger charge is -2.10. The minimum Gasteiger partial charge on any atom is -0.507 e. The van der Waals surface area contributed by atoms with E-state index in [1.165, 1.54) is 30.3 Å². The number of rotatable bonds is 3. The largest absolute Gasteiger partial charge is 0.507 e. The van der Waals surface area contributed by atoms with Crippen molar-refractivity contribution in [1.29, 1.82) is 0 Å². The van der Waals surface area contributed by atoms with Gasteiger partial charge in [-0.05, 0) is 30.3 Å². The summed E-state index contributed by atoms with van der Waals surface area (Å²) in [7, 11) is 0. The van der Waals surface area contributed by atoms with E-state index >= 15 is 0 Å². The predicted molar refractivity (Wildman–Crippen MR) is 74.4 cm³/mol. The molecule has 0 aliphatic heterocycles. The first kappa shape index (κ1) is 14.8. The Morgan fingerprint density at radius 1 is 1.19 bits per heavy atom. The number of carbonyl (C=O) groups is 2. The Kier molecular flexibility index (Phi) is 4.09. The van der Waals surface area contributed by atoms with E-state index in [2.05, 4.69) is 5.32 Å². The smallest absolute Gasteiger partial charge is 0.340 e. The Labute approximate surface area is 123 Å². The van der Waals surface area contributed by atoms with Crippen molar-refractivity contribution in [3.8, 4) is 5.75 Å². The Balaban J connectivity index is 2.36. The molecule has 2 aromatic rings. The summed E-state index contributed by atoms with van der Waals surface area (Å²) in [5.74, 6) is -3.63. The number of aromatic hydroxyl groups is 1. The molecule has 0 unspecified atom stereocenters. The van der Waals surface area contributed by atoms with E-state index in [4.69, 9.17) is 16.7 Å². The third-order valence-electron chi connectivity index (χ3n) is 2.68. The Morgan fingerprint density at radius 2 is 1.90 bits per heavy atom. The zero-order valence-electron chi connectivity index (χ0n) is 10.4. The standard InChI is InChI=1S/C14H9ClFNO4/c15-7-4-5-8(11(18)6-7)13(19)17-10-3-1-2-9(16)12(10)14(20)21/h1-6,18H,(H,17,19)(H,20,21). The molecular formula is C14H9ClFNO4. The summed E-state index contributed by atoms with van der Waals surface area (Å²) in [4.78, 5) is 23.0. The van der Waals surface area contributed by atoms with E-state index in [-0.39, 0.29) is 22.0 Å². The van der Waals surface area contributed by atoms with Crippen molar-refractivity contribution in [2.45, 2.75) is 0 Å². The second-order valence-electron chi connectivity index (χ2n) is 4.08. The van der Waals surface area contributed by atoms with Gasteiger partial charge in [0.25, 0.3) is 5.91 Å². The summed E-state index contributed by atoms with van der Waals surface area (Å²) in [5, 5.41) is 21.1. The zero-order chi connectivity index (χ0) is 15.6. The van der Waals surface area contributed by atoms with E-state index < -0.39 is 23.3 Å². The maximum absolute atomic E-state index is 13.5. The lowest BCUT2D eigenvalue weighted by molar-refractivity contribution is 0.0693. The molecule has 2 rings (SSSR count). The lowest BCUT2D eigenvalue weighted by Crippen LogP contribution is -2.16. The summed E-state index contributed by atoms with van der Waals surface area (Å²) >= 11 is 5.65. The van der Waals surface area contributed by atoms with Crippen LogP contribution in [0, 0.1) is 5.82 Å². The number of carboxylic acid groups (broad SMARTS) is 1. The molecule has 0 saturated carbocycles. The predicted octanol–water partition coefficient (Wildman–Crippen LogP) is 3.14. The van der Waals surface area contributed by atoms with Gasteiger partial charge in [0.05, 0.1) is 11.3 Å². The van der Waals surface area contributed by atoms with E-state index in [0.717, 1.165) is 6.07 Å². The molecule has 3 N–H and O–H groups in total. The molecule has 0 aromatic heterocycles. The number of benzene rings is 2. The van der Waals surface area contributed by atoms with E-state index in [0.29, 0.717) is 0 Å². The van der Waals surface area contributed by atoms with Gasteiger partial charge in [0, 0.05) is 5.02 Å². The monoisotopic (exact) mass is 309 g/mol. The van der Waals surface area contributed by atoms with Crippen LogP contribution >= 0.6 is 11.6 Å². The van der Waals surface area contributed by atoms with Crippen molar-refractivity contribution in [3.63, 3.8) is 0 Å². The summed E-state index contributed by atoms with van der Waals surface area (Å²) in [6, 6.07) is 7.31. The van der Waals surface area contributed by atoms with Crippen molar-refractivity contribution in [1.82, 2.24) is 0 Å². The van der Waals surface area contributed by atoms with Crippen molar-refractivity contribution in [2.75, 3.05) is 5.32 Å². The van der Waals surface area contributed by atoms with Gasteiger partial charge in [-0.25, -0.2) is 9.18 Å². The van der Waals surface area contributed by atoms with Crippen LogP contribution in [0.3, 0.4) is 0 Å². The van der Waals surface area contributed by atoms with Crippen LogP contribution in [-0.4, -0.2) is 22.1 Å². The molecule has 0 atom stereocenters. The SMILES string of the molecule is O=C(Nc1cccc(F)c1C(=O)O)c1ccc(Cl)cc1O. The molecule has 0 spiro atoms. The highest BCUT2D eigenvalue weighted by atomic mass is 35.5. The number of anilines is 1. The zero-order valence-corrected chi connectivity index (χ0v) is 11.2. The normalized spacial score (nSPS) is 10.2. The van der Waals surface area contributed by atoms with Gasteiger partial charge in [-0.3, -0.25) is 4.79 Å². The van der Waals surface area contributed by atoms with Crippen LogP contribution in [0.25, 0.3) is 0 Å². The van der Waals surface area contributed by atoms with Crippen molar-refractivity contribution < 1.29 is 24.2 Å². The van der Waals surface area contributed by atoms with E-state index in [1.54, 1.807) is 0 Å². The van der Waals surface area contributed by atoms with Gasteiger partial charge < -0.3 is 15.5 Å². The van der Waals surface area contributed by atoms with Gasteiger partial charge >= 0.3 is 5.97 Å². The summed E-state index contributed by atoms with van der Waals surface area (Å²) in [6.07, 6.45) is 0. The third kappa shape index (κ3) is 3.11. The van der Waals surface area contributed by atoms with Gasteiger partial charge in [0.2, 0.25) is 0 Å². The van der Waals surface area contributed by atoms with Crippen molar-refractivity contribution in [2.24, 2.45) is 0 Å². The molecule has 0 radical (unpaired) electrons. The Bertz CT molecular complexity index is 733. The van der Waals surface area contributed by atoms with Crippen LogP contribution in [0.4, 0.5) is 10.1 Å². The second kappa shape index (κ2) is 5.80. The molecule has 108 valence electrons. The fourth-order valence-corrected chi connectivity index (χ4v) is 1.90. The fraction of sp³-hybridized carbons (Fsp3) is 0. The Hall–Kier alpha value is -2.60. The first-order valence-electron chi connectivity index (χ1n) is 5.72. The molecule has 5 nitrogen and oxygen atoms in total. The van der Waals surface area contributed by atoms with Gasteiger partial charge in [-0.2, -0.15) is 0 Å². The number of carboxylic acids is 1. The van der Waals surface area contributed by atoms with E-state index in [1.807, 2.05) is 0 Å². The van der Waals surface area contributed by atoms with Crippen LogP contribution in [0.5, 0.6) is 5.75 Å². The number of aromatic carboxylic acids is 1. The molecule has 2 aromatic carbocycles. The first-order chi connectivity index (χ1) is 9.90. The maximum Gasteiger partial charge on any atom is 0.340 e. The van der Waals surface area contributed by atoms with Crippen molar-refractivity contribution >= 4 is 29.2 Å². The van der Waals surface area contributed by atoms with Crippen LogP contribution in [0.15, 0.2) is 36.4 Å². The fourth-order valence-electron chi connectivity index (χ4n) is 1.73. The maximum atomic E-state index is 13.5. The van der Waals surface area contributed by atoms with Crippen LogP contribution in [-0.2, 0) is 0 Å². The third-order valence-corrected chi connectivity index (χ3v) is 2.92. The molecule has 0 heterocycles. The molecule has 1 amide bonds. The molecule has 0 saturated heterocycles. The number of phenolic OH excluding ortho intramolecular Hbond substituents is 1. The highest BCUT2D eigenvalue weighted by Gasteiger charge is 2.19. The summed E-state index contributed by atoms with van der Waals surface area (Å²) in [5.41, 5.74) is -0.971. The van der Waals surface area contributed by atoms with E-state index in [9.17, 15) is 19.1 Å². The minimum atomic E-state index is -1.51. The highest BCUT2D eigenvalue weighted by Crippen LogP contribution is 2.24. The first-order valence-corrected chi connectivity index (χ1v) is 6.09. The summed E-state index contributed by atoms with van der Waals surface area (Å²) in [6.45, 7) is 0. The lowest BCUT2D eigenvalue weighted by atomic mass is 10.1. The number of hydrogen-bond acceptors (Lipinski definition) is 3. The molecule has 21 heavy (non-hydrogen) atoms. The van der Waals surface area contributed by atoms with Gasteiger partial charge in [-0.15, -0.1) is 0 Å². The van der Waals surface area contributed by atoms with Gasteiger partial charge in [-0.1, -0.05) is 17.7 Å². The summed E-state index contributed by atoms with van der Waals surface area (Å²) < 4.78 is 13.5. The number of hydrogen-bond donors (Lipinski definition) is 3. The minimum absolute atomic E-state index is 0.111. The molecule has 0 aliphatic carbocycles. The highest BCUT2D eigenvalue weighted by molar-refractivity contribution is 6.31. The molecule has 0 aliphatic rings. The van der Waals surface area contributed by atoms with Gasteiger partial charge in [0.1, 0.15) is 17.1 Å². The number of amides is 1. The van der Waals surface area contributed by atoms with Crippen LogP contribution in [0.2, 0.25) is 5.02 Å². The topological polar surface area (TPSA) is 86.6 Å². The quantitative estimate of drug-likeness (QED) is 0.813. The number of phenols is 1. The number of carbonyl (C=O) groups excluding carboxylic acids is 1. The van der Waals surface area contributed by atoms with Gasteiger partial charge in [0.15, 0.2) is 0 Å². The molecule has 0 bridgehead atoms. The Morgan fingerprint density at radius 3 is 2.52 bits per heavy atom. The van der Waals surface area contributed by atoms with Crippen LogP contribution in [0.1, 0.15) is 20.7 Å². The van der Waals surface area contributed by atoms with Crippen LogP contribution < -0.4 is 5.32 Å². The average Bonchev–Trinajstić information content (AvgIpc) is 2.37. The molecule has 0 fully saturated rings. The second-order valence-corrected chi connectivity index (χ2v) is 4.52. The number of halogens is 2. The molecular weight excluding hydrogens is 301 g/mol. The number of nitrogens with one attached hydrogen (secondary N) is 1. The average molecular weight is 310 g/mol. The molecule has 7 heteroatoms.